The van der Waals surface area contributed by atoms with Gasteiger partial charge in [-0.25, -0.2) is 9.00 Å². The molecule has 0 aliphatic heterocycles. The first-order valence-corrected chi connectivity index (χ1v) is 4.59. The zero-order valence-corrected chi connectivity index (χ0v) is 12.2. The minimum absolute atomic E-state index is 0. The van der Waals surface area contributed by atoms with Crippen LogP contribution in [0, 0.1) is 0 Å². The van der Waals surface area contributed by atoms with E-state index < -0.39 is 17.3 Å². The Morgan fingerprint density at radius 2 is 2.07 bits per heavy atom. The van der Waals surface area contributed by atoms with Crippen LogP contribution in [0.15, 0.2) is 12.2 Å². The van der Waals surface area contributed by atoms with Gasteiger partial charge in [0.1, 0.15) is 0 Å². The van der Waals surface area contributed by atoms with E-state index in [-0.39, 0.29) is 64.6 Å². The molecule has 1 unspecified atom stereocenters. The summed E-state index contributed by atoms with van der Waals surface area (Å²) in [7, 11) is 0. The van der Waals surface area contributed by atoms with Crippen LogP contribution >= 0.6 is 0 Å². The minimum Gasteiger partial charge on any atom is -0.750 e. The molecule has 0 bridgehead atoms. The normalized spacial score (nSPS) is 11.3. The second-order valence-electron chi connectivity index (χ2n) is 2.30. The van der Waals surface area contributed by atoms with E-state index in [0.29, 0.717) is 12.0 Å². The Balaban J connectivity index is 0. The molecular weight excluding hydrogens is 235 g/mol. The Kier molecular flexibility index (Phi) is 12.9. The molecule has 0 aromatic heterocycles. The molecule has 14 heavy (non-hydrogen) atoms. The number of hydrogen-bond acceptors (Lipinski definition) is 5. The average molecular weight is 246 g/mol. The van der Waals surface area contributed by atoms with E-state index in [2.05, 4.69) is 15.5 Å². The van der Waals surface area contributed by atoms with E-state index in [4.69, 9.17) is 0 Å². The van der Waals surface area contributed by atoms with E-state index in [9.17, 15) is 13.6 Å². The molecule has 0 spiro atoms. The first kappa shape index (κ1) is 17.3. The van der Waals surface area contributed by atoms with Crippen molar-refractivity contribution in [2.24, 2.45) is 0 Å². The summed E-state index contributed by atoms with van der Waals surface area (Å²) in [6.07, 6.45) is 0.340. The van der Waals surface area contributed by atoms with Gasteiger partial charge in [-0.3, -0.25) is 0 Å². The maximum Gasteiger partial charge on any atom is 1.00 e. The molecule has 0 aromatic carbocycles. The van der Waals surface area contributed by atoms with Gasteiger partial charge in [0.25, 0.3) is 0 Å². The fourth-order valence-electron chi connectivity index (χ4n) is 0.474. The molecule has 5 nitrogen and oxygen atoms in total. The minimum atomic E-state index is -2.50. The third-order valence-corrected chi connectivity index (χ3v) is 1.41. The van der Waals surface area contributed by atoms with Gasteiger partial charge in [-0.1, -0.05) is 6.58 Å². The fourth-order valence-corrected chi connectivity index (χ4v) is 0.728. The molecule has 1 atom stereocenters. The Bertz CT molecular complexity index is 218. The van der Waals surface area contributed by atoms with Gasteiger partial charge in [-0.2, -0.15) is 0 Å². The Hall–Kier alpha value is 0.916. The third kappa shape index (κ3) is 11.0. The molecule has 0 saturated carbocycles. The summed E-state index contributed by atoms with van der Waals surface area (Å²) in [5, 5.41) is 0. The maximum absolute atomic E-state index is 10.8. The summed E-state index contributed by atoms with van der Waals surface area (Å²) in [4.78, 5) is 10.8. The quantitative estimate of drug-likeness (QED) is 0.168. The van der Waals surface area contributed by atoms with Crippen LogP contribution in [0.4, 0.5) is 0 Å². The van der Waals surface area contributed by atoms with Gasteiger partial charge in [-0.05, 0) is 6.92 Å². The first-order chi connectivity index (χ1) is 6.04. The van der Waals surface area contributed by atoms with Gasteiger partial charge < -0.3 is 13.5 Å². The van der Waals surface area contributed by atoms with Crippen LogP contribution in [0.1, 0.15) is 13.3 Å². The fraction of sp³-hybridized carbons (Fsp3) is 0.571. The van der Waals surface area contributed by atoms with Crippen molar-refractivity contribution in [1.29, 1.82) is 0 Å². The van der Waals surface area contributed by atoms with E-state index in [1.807, 2.05) is 0 Å². The van der Waals surface area contributed by atoms with Crippen molar-refractivity contribution in [3.8, 4) is 0 Å². The predicted molar refractivity (Wildman–Crippen MR) is 45.3 cm³/mol. The van der Waals surface area contributed by atoms with Crippen LogP contribution in [0.5, 0.6) is 0 Å². The summed E-state index contributed by atoms with van der Waals surface area (Å²) in [5.74, 6) is -0.483. The van der Waals surface area contributed by atoms with Crippen LogP contribution in [0.2, 0.25) is 0 Å². The average Bonchev–Trinajstić information content (AvgIpc) is 2.02. The summed E-state index contributed by atoms with van der Waals surface area (Å²) in [5.41, 5.74) is 0.313. The maximum atomic E-state index is 10.8. The zero-order chi connectivity index (χ0) is 10.3. The van der Waals surface area contributed by atoms with Crippen molar-refractivity contribution in [3.05, 3.63) is 12.2 Å². The molecule has 0 radical (unpaired) electrons. The Labute approximate surface area is 128 Å². The standard InChI is InChI=1S/C7H12O5S.K/c1-6(2)7(8)11-4-3-5-12-13(9)10;/h1,3-5H2,2H3,(H,9,10);/q;+1/p-1. The largest absolute Gasteiger partial charge is 1.00 e. The number of ether oxygens (including phenoxy) is 1. The number of esters is 1. The van der Waals surface area contributed by atoms with Gasteiger partial charge in [0, 0.05) is 12.0 Å². The van der Waals surface area contributed by atoms with Crippen LogP contribution in [-0.4, -0.2) is 27.9 Å². The van der Waals surface area contributed by atoms with E-state index in [0.717, 1.165) is 0 Å². The molecular formula is C7H11KO5S. The molecule has 0 N–H and O–H groups in total. The second kappa shape index (κ2) is 10.4. The van der Waals surface area contributed by atoms with Crippen LogP contribution in [-0.2, 0) is 25.1 Å². The Morgan fingerprint density at radius 3 is 2.50 bits per heavy atom. The van der Waals surface area contributed by atoms with Gasteiger partial charge in [0.15, 0.2) is 0 Å². The molecule has 0 heterocycles. The van der Waals surface area contributed by atoms with Crippen molar-refractivity contribution >= 4 is 17.3 Å². The number of rotatable bonds is 6. The van der Waals surface area contributed by atoms with Crippen molar-refractivity contribution < 1.29 is 73.9 Å². The molecule has 0 aliphatic rings. The molecule has 0 fully saturated rings. The molecule has 0 rings (SSSR count). The summed E-state index contributed by atoms with van der Waals surface area (Å²) in [6.45, 7) is 5.05. The smallest absolute Gasteiger partial charge is 0.750 e. The van der Waals surface area contributed by atoms with E-state index in [1.165, 1.54) is 6.92 Å². The van der Waals surface area contributed by atoms with Gasteiger partial charge in [0.2, 0.25) is 0 Å². The van der Waals surface area contributed by atoms with E-state index >= 15 is 0 Å². The van der Waals surface area contributed by atoms with Crippen molar-refractivity contribution in [3.63, 3.8) is 0 Å². The first-order valence-electron chi connectivity index (χ1n) is 3.59. The molecule has 0 amide bonds. The number of carbonyl (C=O) groups excluding carboxylic acids is 1. The molecule has 0 aromatic rings. The summed E-state index contributed by atoms with van der Waals surface area (Å²) < 4.78 is 28.6. The number of carbonyl (C=O) groups is 1. The van der Waals surface area contributed by atoms with E-state index in [1.54, 1.807) is 0 Å². The predicted octanol–water partition coefficient (Wildman–Crippen LogP) is -2.69. The molecule has 76 valence electrons. The third-order valence-electron chi connectivity index (χ3n) is 1.05. The van der Waals surface area contributed by atoms with Crippen molar-refractivity contribution in [2.75, 3.05) is 13.2 Å². The molecule has 0 aliphatic carbocycles. The summed E-state index contributed by atoms with van der Waals surface area (Å²) >= 11 is -2.50. The number of hydrogen-bond donors (Lipinski definition) is 0. The van der Waals surface area contributed by atoms with Gasteiger partial charge in [0.05, 0.1) is 24.6 Å². The zero-order valence-electron chi connectivity index (χ0n) is 8.28. The van der Waals surface area contributed by atoms with Crippen LogP contribution < -0.4 is 51.4 Å². The molecule has 7 heteroatoms. The molecule has 0 saturated heterocycles. The van der Waals surface area contributed by atoms with Crippen LogP contribution in [0.25, 0.3) is 0 Å². The second-order valence-corrected chi connectivity index (χ2v) is 2.94. The van der Waals surface area contributed by atoms with Crippen LogP contribution in [0.3, 0.4) is 0 Å². The SMILES string of the molecule is C=C(C)C(=O)OCCCOS(=O)[O-].[K+]. The monoisotopic (exact) mass is 246 g/mol. The topological polar surface area (TPSA) is 75.7 Å². The van der Waals surface area contributed by atoms with Gasteiger partial charge in [-0.15, -0.1) is 0 Å². The van der Waals surface area contributed by atoms with Crippen molar-refractivity contribution in [2.45, 2.75) is 13.3 Å². The Morgan fingerprint density at radius 1 is 1.50 bits per heavy atom. The van der Waals surface area contributed by atoms with Gasteiger partial charge >= 0.3 is 57.4 Å². The summed E-state index contributed by atoms with van der Waals surface area (Å²) in [6, 6.07) is 0. The van der Waals surface area contributed by atoms with Crippen molar-refractivity contribution in [1.82, 2.24) is 0 Å².